The van der Waals surface area contributed by atoms with Gasteiger partial charge in [0.15, 0.2) is 18.1 Å². The molecule has 8 nitrogen and oxygen atoms in total. The third-order valence-electron chi connectivity index (χ3n) is 5.17. The number of aromatic nitrogens is 2. The highest BCUT2D eigenvalue weighted by atomic mass is 127. The smallest absolute Gasteiger partial charge is 0.282 e. The van der Waals surface area contributed by atoms with E-state index in [1.54, 1.807) is 36.5 Å². The first-order valence-electron chi connectivity index (χ1n) is 11.0. The van der Waals surface area contributed by atoms with Crippen molar-refractivity contribution >= 4 is 67.2 Å². The topological polar surface area (TPSA) is 94.8 Å². The second kappa shape index (κ2) is 11.7. The fourth-order valence-electron chi connectivity index (χ4n) is 3.48. The fraction of sp³-hybridized carbons (Fsp3) is 0.154. The van der Waals surface area contributed by atoms with Crippen LogP contribution < -0.4 is 20.3 Å². The van der Waals surface area contributed by atoms with Crippen molar-refractivity contribution in [3.63, 3.8) is 0 Å². The number of amides is 1. The number of hydrogen-bond acceptors (Lipinski definition) is 6. The van der Waals surface area contributed by atoms with Crippen LogP contribution in [-0.4, -0.2) is 35.5 Å². The molecule has 0 spiro atoms. The minimum Gasteiger partial charge on any atom is -0.493 e. The number of aryl methyl sites for hydroxylation is 1. The van der Waals surface area contributed by atoms with Crippen molar-refractivity contribution in [3.8, 4) is 11.5 Å². The van der Waals surface area contributed by atoms with Gasteiger partial charge in [0.2, 0.25) is 0 Å². The monoisotopic (exact) mass is 660 g/mol. The maximum atomic E-state index is 13.1. The van der Waals surface area contributed by atoms with Crippen molar-refractivity contribution in [1.82, 2.24) is 9.66 Å². The Labute approximate surface area is 229 Å². The summed E-state index contributed by atoms with van der Waals surface area (Å²) in [6.07, 6.45) is 2.11. The number of benzene rings is 3. The fourth-order valence-corrected chi connectivity index (χ4v) is 4.62. The Morgan fingerprint density at radius 1 is 1.19 bits per heavy atom. The van der Waals surface area contributed by atoms with E-state index in [9.17, 15) is 9.59 Å². The molecule has 1 heterocycles. The van der Waals surface area contributed by atoms with Crippen LogP contribution in [0.3, 0.4) is 0 Å². The first-order chi connectivity index (χ1) is 17.4. The van der Waals surface area contributed by atoms with Gasteiger partial charge in [0.05, 0.1) is 27.8 Å². The van der Waals surface area contributed by atoms with E-state index in [0.717, 1.165) is 8.04 Å². The first-order valence-corrected chi connectivity index (χ1v) is 12.9. The largest absolute Gasteiger partial charge is 0.493 e. The SMILES string of the molecule is CCc1nc2ccc(Br)cc2c(=O)n1N=Cc1cc(I)c(OCC(=O)Nc2ccccc2)c(OC)c1. The average molecular weight is 661 g/mol. The Bertz CT molecular complexity index is 1510. The van der Waals surface area contributed by atoms with Gasteiger partial charge >= 0.3 is 0 Å². The third kappa shape index (κ3) is 5.93. The molecule has 36 heavy (non-hydrogen) atoms. The summed E-state index contributed by atoms with van der Waals surface area (Å²) in [5.41, 5.74) is 1.76. The number of rotatable bonds is 8. The van der Waals surface area contributed by atoms with Crippen LogP contribution >= 0.6 is 38.5 Å². The van der Waals surface area contributed by atoms with Crippen LogP contribution in [0.5, 0.6) is 11.5 Å². The maximum absolute atomic E-state index is 13.1. The Hall–Kier alpha value is -3.25. The molecular formula is C26H22BrIN4O4. The van der Waals surface area contributed by atoms with Gasteiger partial charge < -0.3 is 14.8 Å². The normalized spacial score (nSPS) is 11.1. The van der Waals surface area contributed by atoms with Crippen molar-refractivity contribution in [2.45, 2.75) is 13.3 Å². The third-order valence-corrected chi connectivity index (χ3v) is 6.47. The van der Waals surface area contributed by atoms with E-state index in [2.05, 4.69) is 53.9 Å². The molecular weight excluding hydrogens is 639 g/mol. The Morgan fingerprint density at radius 2 is 1.97 bits per heavy atom. The maximum Gasteiger partial charge on any atom is 0.282 e. The molecule has 4 aromatic rings. The molecule has 0 fully saturated rings. The molecule has 0 saturated carbocycles. The zero-order valence-corrected chi connectivity index (χ0v) is 23.2. The quantitative estimate of drug-likeness (QED) is 0.206. The summed E-state index contributed by atoms with van der Waals surface area (Å²) >= 11 is 5.52. The Kier molecular flexibility index (Phi) is 8.36. The Morgan fingerprint density at radius 3 is 2.69 bits per heavy atom. The van der Waals surface area contributed by atoms with E-state index >= 15 is 0 Å². The number of nitrogens with zero attached hydrogens (tertiary/aromatic N) is 3. The van der Waals surface area contributed by atoms with Crippen molar-refractivity contribution in [2.75, 3.05) is 19.0 Å². The number of halogens is 2. The molecule has 0 radical (unpaired) electrons. The lowest BCUT2D eigenvalue weighted by Crippen LogP contribution is -2.22. The number of anilines is 1. The zero-order valence-electron chi connectivity index (χ0n) is 19.5. The van der Waals surface area contributed by atoms with Gasteiger partial charge in [0.1, 0.15) is 5.82 Å². The lowest BCUT2D eigenvalue weighted by molar-refractivity contribution is -0.118. The van der Waals surface area contributed by atoms with Crippen LogP contribution in [0.2, 0.25) is 0 Å². The highest BCUT2D eigenvalue weighted by molar-refractivity contribution is 14.1. The second-order valence-corrected chi connectivity index (χ2v) is 9.72. The van der Waals surface area contributed by atoms with Gasteiger partial charge in [-0.3, -0.25) is 9.59 Å². The summed E-state index contributed by atoms with van der Waals surface area (Å²) < 4.78 is 14.1. The van der Waals surface area contributed by atoms with Gasteiger partial charge in [-0.15, -0.1) is 0 Å². The van der Waals surface area contributed by atoms with E-state index in [1.165, 1.54) is 11.8 Å². The number of carbonyl (C=O) groups excluding carboxylic acids is 1. The average Bonchev–Trinajstić information content (AvgIpc) is 2.88. The van der Waals surface area contributed by atoms with Gasteiger partial charge in [-0.05, 0) is 70.6 Å². The molecule has 1 aromatic heterocycles. The van der Waals surface area contributed by atoms with Gasteiger partial charge in [-0.1, -0.05) is 41.1 Å². The number of hydrogen-bond donors (Lipinski definition) is 1. The predicted molar refractivity (Wildman–Crippen MR) is 152 cm³/mol. The lowest BCUT2D eigenvalue weighted by Gasteiger charge is -2.13. The van der Waals surface area contributed by atoms with E-state index in [-0.39, 0.29) is 18.1 Å². The molecule has 3 aromatic carbocycles. The molecule has 184 valence electrons. The predicted octanol–water partition coefficient (Wildman–Crippen LogP) is 5.23. The summed E-state index contributed by atoms with van der Waals surface area (Å²) in [6, 6.07) is 18.1. The molecule has 0 unspecified atom stereocenters. The van der Waals surface area contributed by atoms with E-state index < -0.39 is 0 Å². The zero-order chi connectivity index (χ0) is 25.7. The molecule has 4 rings (SSSR count). The molecule has 0 aliphatic heterocycles. The van der Waals surface area contributed by atoms with E-state index in [1.807, 2.05) is 37.3 Å². The van der Waals surface area contributed by atoms with Gasteiger partial charge in [-0.25, -0.2) is 4.98 Å². The van der Waals surface area contributed by atoms with Gasteiger partial charge in [0, 0.05) is 16.6 Å². The summed E-state index contributed by atoms with van der Waals surface area (Å²) in [6.45, 7) is 1.74. The van der Waals surface area contributed by atoms with Crippen molar-refractivity contribution in [1.29, 1.82) is 0 Å². The summed E-state index contributed by atoms with van der Waals surface area (Å²) in [4.78, 5) is 30.0. The number of methoxy groups -OCH3 is 1. The van der Waals surface area contributed by atoms with E-state index in [4.69, 9.17) is 9.47 Å². The van der Waals surface area contributed by atoms with Crippen LogP contribution in [0, 0.1) is 3.57 Å². The number of fused-ring (bicyclic) bond motifs is 1. The molecule has 1 amide bonds. The number of nitrogens with one attached hydrogen (secondary N) is 1. The van der Waals surface area contributed by atoms with E-state index in [0.29, 0.717) is 45.9 Å². The first kappa shape index (κ1) is 25.8. The van der Waals surface area contributed by atoms with Crippen LogP contribution in [0.4, 0.5) is 5.69 Å². The summed E-state index contributed by atoms with van der Waals surface area (Å²) in [5, 5.41) is 7.69. The van der Waals surface area contributed by atoms with Crippen LogP contribution in [0.1, 0.15) is 18.3 Å². The number of carbonyl (C=O) groups is 1. The minimum absolute atomic E-state index is 0.178. The summed E-state index contributed by atoms with van der Waals surface area (Å²) in [5.74, 6) is 1.16. The van der Waals surface area contributed by atoms with Gasteiger partial charge in [-0.2, -0.15) is 9.78 Å². The second-order valence-electron chi connectivity index (χ2n) is 7.64. The molecule has 0 saturated heterocycles. The molecule has 0 aliphatic rings. The Balaban J connectivity index is 1.58. The molecule has 10 heteroatoms. The van der Waals surface area contributed by atoms with Crippen LogP contribution in [0.15, 0.2) is 75.0 Å². The minimum atomic E-state index is -0.286. The lowest BCUT2D eigenvalue weighted by atomic mass is 10.2. The number of para-hydroxylation sites is 1. The van der Waals surface area contributed by atoms with Crippen molar-refractivity contribution in [2.24, 2.45) is 5.10 Å². The van der Waals surface area contributed by atoms with Crippen molar-refractivity contribution in [3.05, 3.63) is 90.4 Å². The van der Waals surface area contributed by atoms with Crippen LogP contribution in [0.25, 0.3) is 10.9 Å². The highest BCUT2D eigenvalue weighted by Gasteiger charge is 2.14. The molecule has 0 atom stereocenters. The standard InChI is InChI=1S/C26H22BrIN4O4/c1-3-23-31-21-10-9-17(27)13-19(21)26(34)32(23)29-14-16-11-20(28)25(22(12-16)35-2)36-15-24(33)30-18-7-5-4-6-8-18/h4-14H,3,15H2,1-2H3,(H,30,33). The van der Waals surface area contributed by atoms with Crippen molar-refractivity contribution < 1.29 is 14.3 Å². The van der Waals surface area contributed by atoms with Gasteiger partial charge in [0.25, 0.3) is 11.5 Å². The van der Waals surface area contributed by atoms with Crippen LogP contribution in [-0.2, 0) is 11.2 Å². The summed E-state index contributed by atoms with van der Waals surface area (Å²) in [7, 11) is 1.52. The molecule has 1 N–H and O–H groups in total. The highest BCUT2D eigenvalue weighted by Crippen LogP contribution is 2.33. The molecule has 0 aliphatic carbocycles. The molecule has 0 bridgehead atoms. The number of ether oxygens (including phenoxy) is 2.